The first kappa shape index (κ1) is 12.0. The average molecular weight is 263 g/mol. The lowest BCUT2D eigenvalue weighted by Gasteiger charge is -2.17. The Morgan fingerprint density at radius 3 is 2.82 bits per heavy atom. The second-order valence-electron chi connectivity index (χ2n) is 3.76. The summed E-state index contributed by atoms with van der Waals surface area (Å²) in [7, 11) is 2.01. The molecule has 0 aromatic carbocycles. The highest BCUT2D eigenvalue weighted by Gasteiger charge is 2.04. The van der Waals surface area contributed by atoms with Gasteiger partial charge in [-0.05, 0) is 34.5 Å². The minimum Gasteiger partial charge on any atom is -0.389 e. The minimum atomic E-state index is 0.379. The fourth-order valence-corrected chi connectivity index (χ4v) is 2.28. The maximum Gasteiger partial charge on any atom is 0.128 e. The molecular formula is C12H13N3S2. The van der Waals surface area contributed by atoms with Crippen LogP contribution in [0.4, 0.5) is 5.82 Å². The van der Waals surface area contributed by atoms with E-state index in [1.54, 1.807) is 17.5 Å². The predicted molar refractivity (Wildman–Crippen MR) is 76.6 cm³/mol. The van der Waals surface area contributed by atoms with Crippen LogP contribution in [-0.2, 0) is 6.54 Å². The molecular weight excluding hydrogens is 250 g/mol. The highest BCUT2D eigenvalue weighted by molar-refractivity contribution is 7.80. The second-order valence-corrected chi connectivity index (χ2v) is 4.98. The highest BCUT2D eigenvalue weighted by atomic mass is 32.1. The molecule has 3 nitrogen and oxygen atoms in total. The van der Waals surface area contributed by atoms with Gasteiger partial charge in [-0.25, -0.2) is 4.98 Å². The summed E-state index contributed by atoms with van der Waals surface area (Å²) in [4.78, 5) is 6.81. The Labute approximate surface area is 110 Å². The van der Waals surface area contributed by atoms with E-state index in [-0.39, 0.29) is 0 Å². The first-order chi connectivity index (χ1) is 8.16. The number of hydrogen-bond donors (Lipinski definition) is 1. The molecule has 2 N–H and O–H groups in total. The minimum absolute atomic E-state index is 0.379. The van der Waals surface area contributed by atoms with Gasteiger partial charge in [0.2, 0.25) is 0 Å². The normalized spacial score (nSPS) is 10.2. The Bertz CT molecular complexity index is 491. The summed E-state index contributed by atoms with van der Waals surface area (Å²) >= 11 is 6.59. The molecule has 17 heavy (non-hydrogen) atoms. The van der Waals surface area contributed by atoms with E-state index in [2.05, 4.69) is 26.7 Å². The van der Waals surface area contributed by atoms with Crippen molar-refractivity contribution in [2.24, 2.45) is 5.73 Å². The number of thiophene rings is 1. The zero-order valence-electron chi connectivity index (χ0n) is 9.46. The van der Waals surface area contributed by atoms with E-state index in [1.165, 1.54) is 5.56 Å². The molecule has 88 valence electrons. The Hall–Kier alpha value is -1.46. The van der Waals surface area contributed by atoms with E-state index in [9.17, 15) is 0 Å². The molecule has 2 rings (SSSR count). The van der Waals surface area contributed by atoms with Crippen molar-refractivity contribution in [3.63, 3.8) is 0 Å². The van der Waals surface area contributed by atoms with Crippen LogP contribution in [0.3, 0.4) is 0 Å². The summed E-state index contributed by atoms with van der Waals surface area (Å²) < 4.78 is 0. The van der Waals surface area contributed by atoms with E-state index in [4.69, 9.17) is 18.0 Å². The molecule has 0 bridgehead atoms. The third-order valence-electron chi connectivity index (χ3n) is 2.42. The van der Waals surface area contributed by atoms with Gasteiger partial charge >= 0.3 is 0 Å². The Morgan fingerprint density at radius 1 is 1.47 bits per heavy atom. The van der Waals surface area contributed by atoms with Gasteiger partial charge in [0, 0.05) is 25.4 Å². The highest BCUT2D eigenvalue weighted by Crippen LogP contribution is 2.14. The molecule has 0 aliphatic carbocycles. The van der Waals surface area contributed by atoms with Crippen LogP contribution in [0.25, 0.3) is 0 Å². The van der Waals surface area contributed by atoms with Crippen molar-refractivity contribution in [1.82, 2.24) is 4.98 Å². The van der Waals surface area contributed by atoms with Crippen LogP contribution in [0.15, 0.2) is 35.2 Å². The maximum absolute atomic E-state index is 5.53. The molecule has 0 saturated heterocycles. The number of rotatable bonds is 4. The smallest absolute Gasteiger partial charge is 0.128 e. The van der Waals surface area contributed by atoms with E-state index in [1.807, 2.05) is 19.2 Å². The molecule has 2 aromatic heterocycles. The molecule has 0 aliphatic heterocycles. The first-order valence-corrected chi connectivity index (χ1v) is 6.50. The van der Waals surface area contributed by atoms with Crippen molar-refractivity contribution >= 4 is 34.4 Å². The van der Waals surface area contributed by atoms with Gasteiger partial charge in [0.25, 0.3) is 0 Å². The van der Waals surface area contributed by atoms with Crippen LogP contribution in [0.2, 0.25) is 0 Å². The maximum atomic E-state index is 5.53. The van der Waals surface area contributed by atoms with Crippen molar-refractivity contribution < 1.29 is 0 Å². The molecule has 0 aliphatic rings. The molecule has 2 heterocycles. The predicted octanol–water partition coefficient (Wildman–Crippen LogP) is 2.41. The van der Waals surface area contributed by atoms with Crippen molar-refractivity contribution in [2.75, 3.05) is 11.9 Å². The molecule has 0 radical (unpaired) electrons. The van der Waals surface area contributed by atoms with Gasteiger partial charge in [-0.3, -0.25) is 0 Å². The quantitative estimate of drug-likeness (QED) is 0.860. The van der Waals surface area contributed by atoms with Crippen molar-refractivity contribution in [3.05, 3.63) is 46.3 Å². The average Bonchev–Trinajstić information content (AvgIpc) is 2.82. The number of anilines is 1. The van der Waals surface area contributed by atoms with Gasteiger partial charge in [-0.1, -0.05) is 12.2 Å². The topological polar surface area (TPSA) is 42.1 Å². The van der Waals surface area contributed by atoms with Crippen molar-refractivity contribution in [2.45, 2.75) is 6.54 Å². The lowest BCUT2D eigenvalue weighted by molar-refractivity contribution is 0.901. The lowest BCUT2D eigenvalue weighted by atomic mass is 10.2. The molecule has 0 atom stereocenters. The Balaban J connectivity index is 2.09. The molecule has 2 aromatic rings. The second kappa shape index (κ2) is 5.25. The Kier molecular flexibility index (Phi) is 3.71. The van der Waals surface area contributed by atoms with Crippen molar-refractivity contribution in [1.29, 1.82) is 0 Å². The van der Waals surface area contributed by atoms with Gasteiger partial charge in [-0.15, -0.1) is 0 Å². The summed E-state index contributed by atoms with van der Waals surface area (Å²) in [5.74, 6) is 0.913. The number of pyridine rings is 1. The number of nitrogens with two attached hydrogens (primary N) is 1. The molecule has 5 heteroatoms. The van der Waals surface area contributed by atoms with Crippen LogP contribution in [0, 0.1) is 0 Å². The number of hydrogen-bond acceptors (Lipinski definition) is 4. The Morgan fingerprint density at radius 2 is 2.29 bits per heavy atom. The van der Waals surface area contributed by atoms with E-state index in [0.717, 1.165) is 17.9 Å². The van der Waals surface area contributed by atoms with Crippen LogP contribution in [-0.4, -0.2) is 17.0 Å². The molecule has 0 spiro atoms. The lowest BCUT2D eigenvalue weighted by Crippen LogP contribution is -2.18. The van der Waals surface area contributed by atoms with Gasteiger partial charge < -0.3 is 10.6 Å². The summed E-state index contributed by atoms with van der Waals surface area (Å²) in [5.41, 5.74) is 7.62. The molecule has 0 unspecified atom stereocenters. The monoisotopic (exact) mass is 263 g/mol. The third kappa shape index (κ3) is 3.01. The van der Waals surface area contributed by atoms with Crippen LogP contribution in [0.1, 0.15) is 11.1 Å². The van der Waals surface area contributed by atoms with Gasteiger partial charge in [0.1, 0.15) is 10.8 Å². The zero-order valence-corrected chi connectivity index (χ0v) is 11.1. The largest absolute Gasteiger partial charge is 0.389 e. The molecule has 0 amide bonds. The van der Waals surface area contributed by atoms with Crippen molar-refractivity contribution in [3.8, 4) is 0 Å². The van der Waals surface area contributed by atoms with Crippen LogP contribution in [0.5, 0.6) is 0 Å². The van der Waals surface area contributed by atoms with Crippen LogP contribution < -0.4 is 10.6 Å². The first-order valence-electron chi connectivity index (χ1n) is 5.15. The van der Waals surface area contributed by atoms with Crippen LogP contribution >= 0.6 is 23.6 Å². The SMILES string of the molecule is CN(Cc1ccsc1)c1ccc(C(N)=S)cn1. The van der Waals surface area contributed by atoms with Gasteiger partial charge in [-0.2, -0.15) is 11.3 Å². The van der Waals surface area contributed by atoms with E-state index < -0.39 is 0 Å². The fraction of sp³-hybridized carbons (Fsp3) is 0.167. The van der Waals surface area contributed by atoms with Gasteiger partial charge in [0.15, 0.2) is 0 Å². The molecule has 0 fully saturated rings. The number of thiocarbonyl (C=S) groups is 1. The summed E-state index contributed by atoms with van der Waals surface area (Å²) in [6.07, 6.45) is 1.71. The van der Waals surface area contributed by atoms with Gasteiger partial charge in [0.05, 0.1) is 0 Å². The number of aromatic nitrogens is 1. The zero-order chi connectivity index (χ0) is 12.3. The number of nitrogens with zero attached hydrogens (tertiary/aromatic N) is 2. The summed E-state index contributed by atoms with van der Waals surface area (Å²) in [6.45, 7) is 0.850. The van der Waals surface area contributed by atoms with E-state index in [0.29, 0.717) is 4.99 Å². The standard InChI is InChI=1S/C12H13N3S2/c1-15(7-9-4-5-17-8-9)11-3-2-10(6-14-11)12(13)16/h2-6,8H,7H2,1H3,(H2,13,16). The fourth-order valence-electron chi connectivity index (χ4n) is 1.50. The summed E-state index contributed by atoms with van der Waals surface area (Å²) in [6, 6.07) is 5.94. The molecule has 0 saturated carbocycles. The van der Waals surface area contributed by atoms with E-state index >= 15 is 0 Å². The summed E-state index contributed by atoms with van der Waals surface area (Å²) in [5, 5.41) is 4.21. The third-order valence-corrected chi connectivity index (χ3v) is 3.39.